The number of nitrogens with zero attached hydrogens (tertiary/aromatic N) is 1. The van der Waals surface area contributed by atoms with Crippen LogP contribution in [-0.2, 0) is 4.79 Å². The molecule has 4 N–H and O–H groups in total. The third kappa shape index (κ3) is 3.81. The number of rotatable bonds is 5. The third-order valence-corrected chi connectivity index (χ3v) is 3.96. The van der Waals surface area contributed by atoms with Gasteiger partial charge in [-0.05, 0) is 31.8 Å². The molecule has 0 radical (unpaired) electrons. The minimum Gasteiger partial charge on any atom is -0.479 e. The molecule has 3 aliphatic heterocycles. The molecule has 2 amide bonds. The van der Waals surface area contributed by atoms with Gasteiger partial charge in [-0.1, -0.05) is 0 Å². The number of carboxylic acid groups (broad SMARTS) is 1. The molecule has 0 saturated carbocycles. The molecule has 7 heteroatoms. The average Bonchev–Trinajstić information content (AvgIpc) is 2.39. The Labute approximate surface area is 112 Å². The molecule has 19 heavy (non-hydrogen) atoms. The van der Waals surface area contributed by atoms with Crippen LogP contribution in [-0.4, -0.2) is 65.4 Å². The van der Waals surface area contributed by atoms with Crippen molar-refractivity contribution in [1.29, 1.82) is 0 Å². The number of nitrogens with one attached hydrogen (secondary N) is 2. The highest BCUT2D eigenvalue weighted by atomic mass is 16.4. The van der Waals surface area contributed by atoms with Gasteiger partial charge in [0.2, 0.25) is 0 Å². The number of carbonyl (C=O) groups excluding carboxylic acids is 1. The number of fused-ring (bicyclic) bond motifs is 3. The average molecular weight is 271 g/mol. The fraction of sp³-hybridized carbons (Fsp3) is 0.833. The number of amides is 2. The highest BCUT2D eigenvalue weighted by Gasteiger charge is 2.34. The summed E-state index contributed by atoms with van der Waals surface area (Å²) in [6, 6.07) is -0.0942. The number of urea groups is 1. The summed E-state index contributed by atoms with van der Waals surface area (Å²) in [6.07, 6.45) is 0.853. The van der Waals surface area contributed by atoms with Crippen molar-refractivity contribution >= 4 is 12.0 Å². The van der Waals surface area contributed by atoms with Crippen LogP contribution in [0.3, 0.4) is 0 Å². The number of carboxylic acids is 1. The van der Waals surface area contributed by atoms with Crippen LogP contribution >= 0.6 is 0 Å². The number of piperidine rings is 3. The lowest BCUT2D eigenvalue weighted by Gasteiger charge is -2.44. The summed E-state index contributed by atoms with van der Waals surface area (Å²) in [5, 5.41) is 23.1. The van der Waals surface area contributed by atoms with E-state index in [1.165, 1.54) is 0 Å². The Hall–Kier alpha value is -1.34. The van der Waals surface area contributed by atoms with Crippen LogP contribution < -0.4 is 10.6 Å². The molecule has 0 spiro atoms. The van der Waals surface area contributed by atoms with Crippen LogP contribution in [0.25, 0.3) is 0 Å². The largest absolute Gasteiger partial charge is 0.479 e. The van der Waals surface area contributed by atoms with Gasteiger partial charge in [0.05, 0.1) is 0 Å². The number of hydrogen-bond acceptors (Lipinski definition) is 4. The summed E-state index contributed by atoms with van der Waals surface area (Å²) in [6.45, 7) is 3.29. The molecule has 0 aliphatic carbocycles. The smallest absolute Gasteiger partial charge is 0.332 e. The van der Waals surface area contributed by atoms with Gasteiger partial charge < -0.3 is 25.7 Å². The Morgan fingerprint density at radius 3 is 2.53 bits per heavy atom. The van der Waals surface area contributed by atoms with Gasteiger partial charge in [0.25, 0.3) is 0 Å². The third-order valence-electron chi connectivity index (χ3n) is 3.96. The first kappa shape index (κ1) is 14.1. The Morgan fingerprint density at radius 2 is 2.00 bits per heavy atom. The number of carbonyl (C=O) groups is 2. The molecule has 0 aromatic rings. The number of aliphatic carboxylic acids is 1. The first-order valence-corrected chi connectivity index (χ1v) is 6.74. The van der Waals surface area contributed by atoms with Crippen molar-refractivity contribution in [3.05, 3.63) is 0 Å². The van der Waals surface area contributed by atoms with Crippen LogP contribution in [0.5, 0.6) is 0 Å². The Bertz CT molecular complexity index is 342. The Balaban J connectivity index is 1.66. The predicted octanol–water partition coefficient (Wildman–Crippen LogP) is -0.785. The summed E-state index contributed by atoms with van der Waals surface area (Å²) in [5.41, 5.74) is 0. The van der Waals surface area contributed by atoms with E-state index in [0.29, 0.717) is 5.92 Å². The lowest BCUT2D eigenvalue weighted by atomic mass is 9.84. The van der Waals surface area contributed by atoms with E-state index in [4.69, 9.17) is 10.2 Å². The van der Waals surface area contributed by atoms with Crippen molar-refractivity contribution in [2.24, 2.45) is 5.92 Å². The number of hydrogen-bond donors (Lipinski definition) is 4. The number of aliphatic hydroxyl groups excluding tert-OH is 1. The lowest BCUT2D eigenvalue weighted by Crippen LogP contribution is -2.58. The van der Waals surface area contributed by atoms with Gasteiger partial charge in [0, 0.05) is 25.6 Å². The minimum atomic E-state index is -1.42. The van der Waals surface area contributed by atoms with Crippen LogP contribution in [0.1, 0.15) is 19.3 Å². The summed E-state index contributed by atoms with van der Waals surface area (Å²) in [7, 11) is 0. The van der Waals surface area contributed by atoms with E-state index in [-0.39, 0.29) is 25.0 Å². The molecule has 108 valence electrons. The standard InChI is InChI=1S/C12H21N3O4/c16-10(11(17)18)1-4-13-12(19)14-9-7-15-5-2-8(9)3-6-15/h8-10,16H,1-7H2,(H,17,18)(H2,13,14,19). The van der Waals surface area contributed by atoms with Crippen molar-refractivity contribution in [3.63, 3.8) is 0 Å². The fourth-order valence-electron chi connectivity index (χ4n) is 2.79. The second kappa shape index (κ2) is 6.21. The maximum Gasteiger partial charge on any atom is 0.332 e. The van der Waals surface area contributed by atoms with E-state index in [0.717, 1.165) is 32.5 Å². The Kier molecular flexibility index (Phi) is 4.60. The van der Waals surface area contributed by atoms with Crippen molar-refractivity contribution in [1.82, 2.24) is 15.5 Å². The van der Waals surface area contributed by atoms with Crippen LogP contribution in [0.2, 0.25) is 0 Å². The van der Waals surface area contributed by atoms with Gasteiger partial charge in [0.1, 0.15) is 0 Å². The minimum absolute atomic E-state index is 0.0168. The first-order valence-electron chi connectivity index (χ1n) is 6.74. The van der Waals surface area contributed by atoms with Crippen LogP contribution in [0, 0.1) is 5.92 Å². The first-order chi connectivity index (χ1) is 9.06. The van der Waals surface area contributed by atoms with Gasteiger partial charge in [-0.25, -0.2) is 9.59 Å². The van der Waals surface area contributed by atoms with Gasteiger partial charge in [-0.3, -0.25) is 0 Å². The molecule has 3 fully saturated rings. The zero-order valence-electron chi connectivity index (χ0n) is 10.8. The molecule has 3 heterocycles. The van der Waals surface area contributed by atoms with Gasteiger partial charge >= 0.3 is 12.0 Å². The molecule has 2 atom stereocenters. The lowest BCUT2D eigenvalue weighted by molar-refractivity contribution is -0.146. The maximum absolute atomic E-state index is 11.7. The molecule has 2 unspecified atom stereocenters. The molecule has 2 bridgehead atoms. The van der Waals surface area contributed by atoms with Gasteiger partial charge in [-0.2, -0.15) is 0 Å². The van der Waals surface area contributed by atoms with Gasteiger partial charge in [-0.15, -0.1) is 0 Å². The highest BCUT2D eigenvalue weighted by molar-refractivity contribution is 5.74. The van der Waals surface area contributed by atoms with Gasteiger partial charge in [0.15, 0.2) is 6.10 Å². The van der Waals surface area contributed by atoms with Crippen molar-refractivity contribution in [3.8, 4) is 0 Å². The fourth-order valence-corrected chi connectivity index (χ4v) is 2.79. The van der Waals surface area contributed by atoms with Crippen LogP contribution in [0.4, 0.5) is 4.79 Å². The molecule has 0 aromatic heterocycles. The predicted molar refractivity (Wildman–Crippen MR) is 67.7 cm³/mol. The summed E-state index contributed by atoms with van der Waals surface area (Å²) in [4.78, 5) is 24.4. The zero-order chi connectivity index (χ0) is 13.8. The second-order valence-corrected chi connectivity index (χ2v) is 5.29. The summed E-state index contributed by atoms with van der Waals surface area (Å²) in [5.74, 6) is -0.708. The molecule has 3 saturated heterocycles. The monoisotopic (exact) mass is 271 g/mol. The maximum atomic E-state index is 11.7. The molecule has 3 rings (SSSR count). The van der Waals surface area contributed by atoms with E-state index < -0.39 is 12.1 Å². The normalized spacial score (nSPS) is 30.7. The molecular formula is C12H21N3O4. The topological polar surface area (TPSA) is 102 Å². The van der Waals surface area contributed by atoms with Crippen molar-refractivity contribution < 1.29 is 19.8 Å². The van der Waals surface area contributed by atoms with E-state index in [9.17, 15) is 9.59 Å². The Morgan fingerprint density at radius 1 is 1.32 bits per heavy atom. The van der Waals surface area contributed by atoms with E-state index in [2.05, 4.69) is 15.5 Å². The molecule has 3 aliphatic rings. The summed E-state index contributed by atoms with van der Waals surface area (Å²) < 4.78 is 0. The van der Waals surface area contributed by atoms with Crippen molar-refractivity contribution in [2.45, 2.75) is 31.4 Å². The van der Waals surface area contributed by atoms with E-state index in [1.807, 2.05) is 0 Å². The molecular weight excluding hydrogens is 250 g/mol. The van der Waals surface area contributed by atoms with E-state index >= 15 is 0 Å². The molecule has 7 nitrogen and oxygen atoms in total. The van der Waals surface area contributed by atoms with Crippen LogP contribution in [0.15, 0.2) is 0 Å². The van der Waals surface area contributed by atoms with E-state index in [1.54, 1.807) is 0 Å². The molecule has 0 aromatic carbocycles. The zero-order valence-corrected chi connectivity index (χ0v) is 10.8. The highest BCUT2D eigenvalue weighted by Crippen LogP contribution is 2.27. The van der Waals surface area contributed by atoms with Crippen molar-refractivity contribution in [2.75, 3.05) is 26.2 Å². The quantitative estimate of drug-likeness (QED) is 0.525. The second-order valence-electron chi connectivity index (χ2n) is 5.29. The summed E-state index contributed by atoms with van der Waals surface area (Å²) >= 11 is 0. The number of aliphatic hydroxyl groups is 1. The SMILES string of the molecule is O=C(NCCC(O)C(=O)O)NC1CN2CCC1CC2.